The van der Waals surface area contributed by atoms with Crippen LogP contribution in [0.1, 0.15) is 49.6 Å². The minimum absolute atomic E-state index is 0.254. The van der Waals surface area contributed by atoms with Gasteiger partial charge in [0.05, 0.1) is 0 Å². The second kappa shape index (κ2) is 5.19. The quantitative estimate of drug-likeness (QED) is 0.732. The summed E-state index contributed by atoms with van der Waals surface area (Å²) in [7, 11) is 0. The summed E-state index contributed by atoms with van der Waals surface area (Å²) in [5.41, 5.74) is 0. The molecule has 2 unspecified atom stereocenters. The van der Waals surface area contributed by atoms with E-state index in [1.165, 1.54) is 19.3 Å². The first kappa shape index (κ1) is 11.2. The highest BCUT2D eigenvalue weighted by molar-refractivity contribution is 5.70. The minimum atomic E-state index is 0.254. The number of furan rings is 1. The van der Waals surface area contributed by atoms with Crippen LogP contribution in [-0.2, 0) is 0 Å². The lowest BCUT2D eigenvalue weighted by atomic mass is 9.85. The Bertz CT molecular complexity index is 343. The molecule has 1 aromatic heterocycles. The molecule has 0 aliphatic heterocycles. The van der Waals surface area contributed by atoms with Gasteiger partial charge in [0.1, 0.15) is 6.10 Å². The molecule has 88 valence electrons. The molecule has 3 heteroatoms. The SMILES string of the molecule is CCC1CCCCC1Oc1ccc(C=O)o1. The number of hydrogen-bond acceptors (Lipinski definition) is 3. The van der Waals surface area contributed by atoms with Gasteiger partial charge >= 0.3 is 0 Å². The highest BCUT2D eigenvalue weighted by Crippen LogP contribution is 2.30. The van der Waals surface area contributed by atoms with Gasteiger partial charge in [0, 0.05) is 6.07 Å². The van der Waals surface area contributed by atoms with Crippen molar-refractivity contribution in [1.29, 1.82) is 0 Å². The summed E-state index contributed by atoms with van der Waals surface area (Å²) in [6.45, 7) is 2.20. The molecule has 2 atom stereocenters. The predicted molar refractivity (Wildman–Crippen MR) is 60.8 cm³/mol. The molecule has 0 bridgehead atoms. The van der Waals surface area contributed by atoms with Crippen molar-refractivity contribution < 1.29 is 13.9 Å². The Hall–Kier alpha value is -1.25. The monoisotopic (exact) mass is 222 g/mol. The molecule has 0 saturated heterocycles. The maximum Gasteiger partial charge on any atom is 0.285 e. The molecular formula is C13H18O3. The van der Waals surface area contributed by atoms with Crippen molar-refractivity contribution in [3.8, 4) is 5.95 Å². The van der Waals surface area contributed by atoms with E-state index in [4.69, 9.17) is 9.15 Å². The Kier molecular flexibility index (Phi) is 3.65. The molecule has 1 saturated carbocycles. The Morgan fingerprint density at radius 2 is 2.25 bits per heavy atom. The molecule has 0 amide bonds. The van der Waals surface area contributed by atoms with Crippen LogP contribution in [0.15, 0.2) is 16.5 Å². The molecule has 3 nitrogen and oxygen atoms in total. The van der Waals surface area contributed by atoms with Crippen LogP contribution >= 0.6 is 0 Å². The van der Waals surface area contributed by atoms with Gasteiger partial charge in [0.15, 0.2) is 12.0 Å². The number of rotatable bonds is 4. The number of carbonyl (C=O) groups is 1. The van der Waals surface area contributed by atoms with Crippen LogP contribution in [0.3, 0.4) is 0 Å². The van der Waals surface area contributed by atoms with Crippen molar-refractivity contribution in [3.63, 3.8) is 0 Å². The predicted octanol–water partition coefficient (Wildman–Crippen LogP) is 3.44. The second-order valence-corrected chi connectivity index (χ2v) is 4.38. The largest absolute Gasteiger partial charge is 0.462 e. The third-order valence-electron chi connectivity index (χ3n) is 3.35. The Morgan fingerprint density at radius 1 is 1.44 bits per heavy atom. The fourth-order valence-corrected chi connectivity index (χ4v) is 2.41. The third-order valence-corrected chi connectivity index (χ3v) is 3.35. The standard InChI is InChI=1S/C13H18O3/c1-2-10-5-3-4-6-12(10)16-13-8-7-11(9-14)15-13/h7-10,12H,2-6H2,1H3. The summed E-state index contributed by atoms with van der Waals surface area (Å²) in [5.74, 6) is 1.44. The molecule has 1 aromatic rings. The van der Waals surface area contributed by atoms with Crippen LogP contribution in [0.2, 0.25) is 0 Å². The summed E-state index contributed by atoms with van der Waals surface area (Å²) >= 11 is 0. The van der Waals surface area contributed by atoms with E-state index in [2.05, 4.69) is 6.92 Å². The van der Waals surface area contributed by atoms with Crippen molar-refractivity contribution in [1.82, 2.24) is 0 Å². The highest BCUT2D eigenvalue weighted by atomic mass is 16.6. The first-order valence-corrected chi connectivity index (χ1v) is 6.05. The zero-order valence-corrected chi connectivity index (χ0v) is 9.65. The van der Waals surface area contributed by atoms with Gasteiger partial charge in [-0.1, -0.05) is 13.3 Å². The smallest absolute Gasteiger partial charge is 0.285 e. The average Bonchev–Trinajstić information content (AvgIpc) is 2.77. The summed E-state index contributed by atoms with van der Waals surface area (Å²) < 4.78 is 11.1. The Balaban J connectivity index is 1.98. The first-order valence-electron chi connectivity index (χ1n) is 6.05. The van der Waals surface area contributed by atoms with Gasteiger partial charge in [0.25, 0.3) is 5.95 Å². The van der Waals surface area contributed by atoms with E-state index >= 15 is 0 Å². The van der Waals surface area contributed by atoms with E-state index in [-0.39, 0.29) is 6.10 Å². The van der Waals surface area contributed by atoms with Gasteiger partial charge in [-0.15, -0.1) is 0 Å². The summed E-state index contributed by atoms with van der Waals surface area (Å²) in [5, 5.41) is 0. The molecule has 0 N–H and O–H groups in total. The van der Waals surface area contributed by atoms with Crippen LogP contribution in [0, 0.1) is 5.92 Å². The maximum absolute atomic E-state index is 10.5. The van der Waals surface area contributed by atoms with Crippen LogP contribution < -0.4 is 4.74 Å². The molecule has 0 radical (unpaired) electrons. The lowest BCUT2D eigenvalue weighted by Gasteiger charge is -2.30. The van der Waals surface area contributed by atoms with Crippen molar-refractivity contribution in [2.45, 2.75) is 45.1 Å². The minimum Gasteiger partial charge on any atom is -0.462 e. The summed E-state index contributed by atoms with van der Waals surface area (Å²) in [6.07, 6.45) is 6.96. The van der Waals surface area contributed by atoms with Crippen molar-refractivity contribution in [3.05, 3.63) is 17.9 Å². The normalized spacial score (nSPS) is 25.3. The van der Waals surface area contributed by atoms with Gasteiger partial charge in [0.2, 0.25) is 0 Å². The molecule has 0 spiro atoms. The summed E-state index contributed by atoms with van der Waals surface area (Å²) in [4.78, 5) is 10.5. The molecule has 1 fully saturated rings. The number of hydrogen-bond donors (Lipinski definition) is 0. The van der Waals surface area contributed by atoms with Gasteiger partial charge < -0.3 is 9.15 Å². The fraction of sp³-hybridized carbons (Fsp3) is 0.615. The number of carbonyl (C=O) groups excluding carboxylic acids is 1. The topological polar surface area (TPSA) is 39.4 Å². The van der Waals surface area contributed by atoms with Crippen LogP contribution in [0.5, 0.6) is 5.95 Å². The molecule has 0 aromatic carbocycles. The van der Waals surface area contributed by atoms with Crippen molar-refractivity contribution in [2.75, 3.05) is 0 Å². The van der Waals surface area contributed by atoms with Gasteiger partial charge in [-0.3, -0.25) is 4.79 Å². The van der Waals surface area contributed by atoms with Crippen LogP contribution in [0.4, 0.5) is 0 Å². The van der Waals surface area contributed by atoms with E-state index in [1.54, 1.807) is 12.1 Å². The third kappa shape index (κ3) is 2.46. The van der Waals surface area contributed by atoms with E-state index in [1.807, 2.05) is 0 Å². The first-order chi connectivity index (χ1) is 7.83. The van der Waals surface area contributed by atoms with E-state index in [0.29, 0.717) is 23.9 Å². The van der Waals surface area contributed by atoms with Crippen LogP contribution in [-0.4, -0.2) is 12.4 Å². The Morgan fingerprint density at radius 3 is 2.94 bits per heavy atom. The second-order valence-electron chi connectivity index (χ2n) is 4.38. The molecular weight excluding hydrogens is 204 g/mol. The molecule has 1 aliphatic rings. The molecule has 16 heavy (non-hydrogen) atoms. The van der Waals surface area contributed by atoms with Crippen LogP contribution in [0.25, 0.3) is 0 Å². The van der Waals surface area contributed by atoms with Crippen molar-refractivity contribution >= 4 is 6.29 Å². The van der Waals surface area contributed by atoms with E-state index in [9.17, 15) is 4.79 Å². The van der Waals surface area contributed by atoms with E-state index in [0.717, 1.165) is 12.8 Å². The highest BCUT2D eigenvalue weighted by Gasteiger charge is 2.26. The van der Waals surface area contributed by atoms with Gasteiger partial charge in [-0.25, -0.2) is 0 Å². The lowest BCUT2D eigenvalue weighted by molar-refractivity contribution is 0.0650. The summed E-state index contributed by atoms with van der Waals surface area (Å²) in [6, 6.07) is 3.37. The lowest BCUT2D eigenvalue weighted by Crippen LogP contribution is -2.29. The zero-order valence-electron chi connectivity index (χ0n) is 9.65. The van der Waals surface area contributed by atoms with Crippen molar-refractivity contribution in [2.24, 2.45) is 5.92 Å². The Labute approximate surface area is 95.8 Å². The number of ether oxygens (including phenoxy) is 1. The number of aldehydes is 1. The molecule has 1 aliphatic carbocycles. The molecule has 1 heterocycles. The molecule has 2 rings (SSSR count). The van der Waals surface area contributed by atoms with Gasteiger partial charge in [-0.2, -0.15) is 0 Å². The average molecular weight is 222 g/mol. The van der Waals surface area contributed by atoms with E-state index < -0.39 is 0 Å². The van der Waals surface area contributed by atoms with Gasteiger partial charge in [-0.05, 0) is 37.7 Å². The fourth-order valence-electron chi connectivity index (χ4n) is 2.41. The zero-order chi connectivity index (χ0) is 11.4. The maximum atomic E-state index is 10.5.